The molecule has 0 aromatic heterocycles. The molecule has 0 saturated carbocycles. The van der Waals surface area contributed by atoms with Crippen LogP contribution in [-0.4, -0.2) is 19.8 Å². The van der Waals surface area contributed by atoms with Crippen molar-refractivity contribution in [1.82, 2.24) is 0 Å². The van der Waals surface area contributed by atoms with E-state index in [4.69, 9.17) is 14.7 Å². The number of hydrogen-bond donors (Lipinski definition) is 1. The minimum atomic E-state index is 0.610. The number of rotatable bonds is 9. The average molecular weight is 262 g/mol. The maximum atomic E-state index is 8.49. The van der Waals surface area contributed by atoms with Crippen LogP contribution in [0.2, 0.25) is 0 Å². The molecule has 0 heterocycles. The van der Waals surface area contributed by atoms with Crippen molar-refractivity contribution in [2.75, 3.05) is 25.1 Å². The largest absolute Gasteiger partial charge is 0.494 e. The van der Waals surface area contributed by atoms with Gasteiger partial charge in [-0.05, 0) is 38.8 Å². The van der Waals surface area contributed by atoms with E-state index in [1.165, 1.54) is 0 Å². The summed E-state index contributed by atoms with van der Waals surface area (Å²) in [6.45, 7) is 6.04. The zero-order chi connectivity index (χ0) is 13.9. The lowest BCUT2D eigenvalue weighted by atomic mass is 10.2. The van der Waals surface area contributed by atoms with Crippen LogP contribution < -0.4 is 14.8 Å². The first-order valence-corrected chi connectivity index (χ1v) is 6.82. The zero-order valence-corrected chi connectivity index (χ0v) is 11.7. The number of benzene rings is 1. The zero-order valence-electron chi connectivity index (χ0n) is 11.7. The molecule has 4 heteroatoms. The molecule has 1 N–H and O–H groups in total. The van der Waals surface area contributed by atoms with Crippen LogP contribution in [0, 0.1) is 11.3 Å². The summed E-state index contributed by atoms with van der Waals surface area (Å²) in [7, 11) is 0. The Morgan fingerprint density at radius 2 is 1.95 bits per heavy atom. The van der Waals surface area contributed by atoms with Crippen LogP contribution >= 0.6 is 0 Å². The van der Waals surface area contributed by atoms with E-state index in [-0.39, 0.29) is 0 Å². The van der Waals surface area contributed by atoms with Crippen molar-refractivity contribution in [1.29, 1.82) is 5.26 Å². The molecule has 1 aromatic rings. The van der Waals surface area contributed by atoms with Gasteiger partial charge in [0.25, 0.3) is 0 Å². The predicted molar refractivity (Wildman–Crippen MR) is 76.7 cm³/mol. The van der Waals surface area contributed by atoms with Gasteiger partial charge in [-0.2, -0.15) is 5.26 Å². The molecule has 0 fully saturated rings. The standard InChI is InChI=1S/C15H22N2O2/c1-3-18-13-8-9-15(19-4-2)14(12-13)17-11-7-5-6-10-16/h8-9,12,17H,3-7,11H2,1-2H3. The van der Waals surface area contributed by atoms with Crippen molar-refractivity contribution < 1.29 is 9.47 Å². The lowest BCUT2D eigenvalue weighted by Gasteiger charge is -2.14. The van der Waals surface area contributed by atoms with Crippen molar-refractivity contribution in [3.8, 4) is 17.6 Å². The smallest absolute Gasteiger partial charge is 0.142 e. The van der Waals surface area contributed by atoms with Crippen LogP contribution in [0.25, 0.3) is 0 Å². The van der Waals surface area contributed by atoms with E-state index in [2.05, 4.69) is 11.4 Å². The molecule has 0 radical (unpaired) electrons. The highest BCUT2D eigenvalue weighted by Gasteiger charge is 2.05. The van der Waals surface area contributed by atoms with Gasteiger partial charge >= 0.3 is 0 Å². The maximum Gasteiger partial charge on any atom is 0.142 e. The van der Waals surface area contributed by atoms with Crippen LogP contribution in [0.5, 0.6) is 11.5 Å². The van der Waals surface area contributed by atoms with E-state index >= 15 is 0 Å². The van der Waals surface area contributed by atoms with Gasteiger partial charge in [0.05, 0.1) is 25.0 Å². The van der Waals surface area contributed by atoms with Crippen molar-refractivity contribution in [2.45, 2.75) is 33.1 Å². The lowest BCUT2D eigenvalue weighted by molar-refractivity contribution is 0.332. The molecule has 0 aliphatic rings. The van der Waals surface area contributed by atoms with Crippen molar-refractivity contribution in [2.24, 2.45) is 0 Å². The van der Waals surface area contributed by atoms with E-state index in [1.54, 1.807) is 0 Å². The molecule has 1 rings (SSSR count). The van der Waals surface area contributed by atoms with E-state index in [9.17, 15) is 0 Å². The fourth-order valence-corrected chi connectivity index (χ4v) is 1.74. The fraction of sp³-hybridized carbons (Fsp3) is 0.533. The number of nitrogens with one attached hydrogen (secondary N) is 1. The number of hydrogen-bond acceptors (Lipinski definition) is 4. The Balaban J connectivity index is 2.60. The van der Waals surface area contributed by atoms with Crippen molar-refractivity contribution in [3.05, 3.63) is 18.2 Å². The van der Waals surface area contributed by atoms with Crippen LogP contribution in [0.1, 0.15) is 33.1 Å². The van der Waals surface area contributed by atoms with Gasteiger partial charge in [-0.25, -0.2) is 0 Å². The topological polar surface area (TPSA) is 54.3 Å². The highest BCUT2D eigenvalue weighted by molar-refractivity contribution is 5.59. The van der Waals surface area contributed by atoms with Gasteiger partial charge in [-0.3, -0.25) is 0 Å². The summed E-state index contributed by atoms with van der Waals surface area (Å²) < 4.78 is 11.1. The third-order valence-corrected chi connectivity index (χ3v) is 2.59. The minimum Gasteiger partial charge on any atom is -0.494 e. The van der Waals surface area contributed by atoms with E-state index in [0.717, 1.165) is 36.6 Å². The number of nitrogens with zero attached hydrogens (tertiary/aromatic N) is 1. The Morgan fingerprint density at radius 3 is 2.63 bits per heavy atom. The van der Waals surface area contributed by atoms with Gasteiger partial charge in [0.15, 0.2) is 0 Å². The SMILES string of the molecule is CCOc1ccc(OCC)c(NCCCCC#N)c1. The minimum absolute atomic E-state index is 0.610. The highest BCUT2D eigenvalue weighted by Crippen LogP contribution is 2.29. The Kier molecular flexibility index (Phi) is 7.26. The number of ether oxygens (including phenoxy) is 2. The van der Waals surface area contributed by atoms with Crippen LogP contribution in [0.3, 0.4) is 0 Å². The molecule has 0 atom stereocenters. The first-order chi connectivity index (χ1) is 9.31. The molecule has 104 valence electrons. The quantitative estimate of drug-likeness (QED) is 0.691. The van der Waals surface area contributed by atoms with Crippen LogP contribution in [0.15, 0.2) is 18.2 Å². The molecule has 0 spiro atoms. The molecule has 1 aromatic carbocycles. The second-order valence-electron chi connectivity index (χ2n) is 4.07. The Bertz CT molecular complexity index is 413. The summed E-state index contributed by atoms with van der Waals surface area (Å²) in [5.74, 6) is 1.68. The van der Waals surface area contributed by atoms with Crippen molar-refractivity contribution >= 4 is 5.69 Å². The molecular weight excluding hydrogens is 240 g/mol. The van der Waals surface area contributed by atoms with Crippen LogP contribution in [0.4, 0.5) is 5.69 Å². The fourth-order valence-electron chi connectivity index (χ4n) is 1.74. The summed E-state index contributed by atoms with van der Waals surface area (Å²) in [4.78, 5) is 0. The van der Waals surface area contributed by atoms with E-state index < -0.39 is 0 Å². The molecule has 0 bridgehead atoms. The predicted octanol–water partition coefficient (Wildman–Crippen LogP) is 3.59. The maximum absolute atomic E-state index is 8.49. The summed E-state index contributed by atoms with van der Waals surface area (Å²) in [6, 6.07) is 7.94. The second kappa shape index (κ2) is 9.09. The molecular formula is C15H22N2O2. The molecule has 0 amide bonds. The first kappa shape index (κ1) is 15.2. The molecule has 0 aliphatic heterocycles. The normalized spacial score (nSPS) is 9.74. The van der Waals surface area contributed by atoms with Gasteiger partial charge in [0.1, 0.15) is 11.5 Å². The van der Waals surface area contributed by atoms with Gasteiger partial charge in [0.2, 0.25) is 0 Å². The molecule has 0 unspecified atom stereocenters. The summed E-state index contributed by atoms with van der Waals surface area (Å²) in [5.41, 5.74) is 0.949. The van der Waals surface area contributed by atoms with Crippen LogP contribution in [-0.2, 0) is 0 Å². The van der Waals surface area contributed by atoms with Gasteiger partial charge in [-0.1, -0.05) is 0 Å². The molecule has 0 aliphatic carbocycles. The van der Waals surface area contributed by atoms with E-state index in [0.29, 0.717) is 19.6 Å². The monoisotopic (exact) mass is 262 g/mol. The van der Waals surface area contributed by atoms with Gasteiger partial charge in [0, 0.05) is 19.0 Å². The number of anilines is 1. The highest BCUT2D eigenvalue weighted by atomic mass is 16.5. The molecule has 4 nitrogen and oxygen atoms in total. The molecule has 19 heavy (non-hydrogen) atoms. The Labute approximate surface area is 115 Å². The third-order valence-electron chi connectivity index (χ3n) is 2.59. The first-order valence-electron chi connectivity index (χ1n) is 6.82. The average Bonchev–Trinajstić information content (AvgIpc) is 2.42. The Hall–Kier alpha value is -1.89. The number of unbranched alkanes of at least 4 members (excludes halogenated alkanes) is 2. The van der Waals surface area contributed by atoms with Crippen molar-refractivity contribution in [3.63, 3.8) is 0 Å². The van der Waals surface area contributed by atoms with E-state index in [1.807, 2.05) is 32.0 Å². The summed E-state index contributed by atoms with van der Waals surface area (Å²) >= 11 is 0. The Morgan fingerprint density at radius 1 is 1.16 bits per heavy atom. The van der Waals surface area contributed by atoms with Gasteiger partial charge < -0.3 is 14.8 Å². The summed E-state index contributed by atoms with van der Waals surface area (Å²) in [5, 5.41) is 11.8. The lowest BCUT2D eigenvalue weighted by Crippen LogP contribution is -2.05. The summed E-state index contributed by atoms with van der Waals surface area (Å²) in [6.07, 6.45) is 2.50. The molecule has 0 saturated heterocycles. The number of nitriles is 1. The third kappa shape index (κ3) is 5.52. The second-order valence-corrected chi connectivity index (χ2v) is 4.07. The van der Waals surface area contributed by atoms with Gasteiger partial charge in [-0.15, -0.1) is 0 Å².